The summed E-state index contributed by atoms with van der Waals surface area (Å²) in [4.78, 5) is 0. The van der Waals surface area contributed by atoms with E-state index in [2.05, 4.69) is 24.3 Å². The summed E-state index contributed by atoms with van der Waals surface area (Å²) in [5.74, 6) is -24.0. The Morgan fingerprint density at radius 3 is 0.727 bits per heavy atom. The van der Waals surface area contributed by atoms with Crippen LogP contribution in [-0.2, 0) is 0 Å². The van der Waals surface area contributed by atoms with Crippen LogP contribution in [0.5, 0.6) is 0 Å². The highest BCUT2D eigenvalue weighted by molar-refractivity contribution is 7.19. The van der Waals surface area contributed by atoms with Crippen molar-refractivity contribution in [3.63, 3.8) is 0 Å². The molecule has 0 aromatic heterocycles. The monoisotopic (exact) mass is 627 g/mol. The van der Waals surface area contributed by atoms with Crippen LogP contribution >= 0.6 is 0 Å². The van der Waals surface area contributed by atoms with E-state index in [0.29, 0.717) is 0 Å². The maximum atomic E-state index is 14.4. The Labute approximate surface area is 242 Å². The second-order valence-corrected chi connectivity index (χ2v) is 9.54. The first-order valence-electron chi connectivity index (χ1n) is 12.5. The second-order valence-electron chi connectivity index (χ2n) is 9.54. The van der Waals surface area contributed by atoms with E-state index in [1.165, 1.54) is 0 Å². The Bertz CT molecular complexity index is 1490. The summed E-state index contributed by atoms with van der Waals surface area (Å²) < 4.78 is 170. The molecule has 0 saturated carbocycles. The van der Waals surface area contributed by atoms with Crippen molar-refractivity contribution in [2.24, 2.45) is 0 Å². The van der Waals surface area contributed by atoms with Crippen LogP contribution in [-0.4, -0.2) is 6.15 Å². The van der Waals surface area contributed by atoms with E-state index in [1.54, 1.807) is 0 Å². The lowest BCUT2D eigenvalue weighted by Crippen LogP contribution is -2.75. The zero-order chi connectivity index (χ0) is 32.3. The van der Waals surface area contributed by atoms with Gasteiger partial charge in [-0.15, -0.1) is 0 Å². The first kappa shape index (κ1) is 32.2. The normalized spacial score (nSPS) is 12.6. The van der Waals surface area contributed by atoms with Crippen LogP contribution in [0.4, 0.5) is 52.7 Å². The van der Waals surface area contributed by atoms with Gasteiger partial charge in [-0.25, -0.2) is 52.7 Å². The lowest BCUT2D eigenvalue weighted by atomic mass is 9.13. The lowest BCUT2D eigenvalue weighted by Gasteiger charge is -2.44. The predicted octanol–water partition coefficient (Wildman–Crippen LogP) is 6.79. The fourth-order valence-electron chi connectivity index (χ4n) is 4.98. The molecule has 0 atom stereocenters. The van der Waals surface area contributed by atoms with Crippen LogP contribution in [0.2, 0.25) is 0 Å². The van der Waals surface area contributed by atoms with E-state index in [4.69, 9.17) is 0 Å². The van der Waals surface area contributed by atoms with E-state index in [1.807, 2.05) is 12.2 Å². The van der Waals surface area contributed by atoms with Gasteiger partial charge in [-0.2, -0.15) is 21.9 Å². The highest BCUT2D eigenvalue weighted by Gasteiger charge is 2.37. The van der Waals surface area contributed by atoms with Crippen molar-refractivity contribution in [3.8, 4) is 0 Å². The average molecular weight is 627 g/mol. The molecule has 228 valence electrons. The van der Waals surface area contributed by atoms with Gasteiger partial charge in [-0.3, -0.25) is 0 Å². The lowest BCUT2D eigenvalue weighted by molar-refractivity contribution is 0.447. The van der Waals surface area contributed by atoms with Gasteiger partial charge in [0.15, 0.2) is 69.8 Å². The first-order chi connectivity index (χ1) is 20.8. The third-order valence-corrected chi connectivity index (χ3v) is 6.90. The van der Waals surface area contributed by atoms with Crippen molar-refractivity contribution in [1.29, 1.82) is 0 Å². The highest BCUT2D eigenvalue weighted by Crippen LogP contribution is 2.21. The summed E-state index contributed by atoms with van der Waals surface area (Å²) in [6.45, 7) is 0. The van der Waals surface area contributed by atoms with Gasteiger partial charge in [0.1, 0.15) is 6.15 Å². The molecule has 0 amide bonds. The van der Waals surface area contributed by atoms with E-state index in [-0.39, 0.29) is 48.5 Å². The number of benzene rings is 4. The molecule has 0 unspecified atom stereocenters. The summed E-state index contributed by atoms with van der Waals surface area (Å²) in [6.07, 6.45) is 9.49. The first-order valence-corrected chi connectivity index (χ1v) is 12.5. The molecule has 1 aliphatic rings. The number of rotatable bonds is 4. The zero-order valence-electron chi connectivity index (χ0n) is 21.9. The van der Waals surface area contributed by atoms with Gasteiger partial charge >= 0.3 is 0 Å². The van der Waals surface area contributed by atoms with Crippen molar-refractivity contribution in [2.75, 3.05) is 0 Å². The van der Waals surface area contributed by atoms with E-state index in [9.17, 15) is 52.7 Å². The third kappa shape index (κ3) is 6.04. The molecule has 0 spiro atoms. The Balaban J connectivity index is 0.000000555. The molecule has 0 nitrogen and oxygen atoms in total. The van der Waals surface area contributed by atoms with Crippen molar-refractivity contribution in [1.82, 2.24) is 0 Å². The Morgan fingerprint density at radius 1 is 0.318 bits per heavy atom. The molecular formula is C31H16BF12-. The van der Waals surface area contributed by atoms with Gasteiger partial charge in [-0.1, -0.05) is 85.0 Å². The molecular weight excluding hydrogens is 611 g/mol. The second kappa shape index (κ2) is 12.9. The predicted molar refractivity (Wildman–Crippen MR) is 142 cm³/mol. The van der Waals surface area contributed by atoms with Crippen molar-refractivity contribution in [2.45, 2.75) is 6.42 Å². The van der Waals surface area contributed by atoms with Gasteiger partial charge in [0.25, 0.3) is 0 Å². The number of halogens is 12. The quantitative estimate of drug-likeness (QED) is 0.133. The van der Waals surface area contributed by atoms with Gasteiger partial charge in [0, 0.05) is 0 Å². The molecule has 4 aromatic rings. The molecule has 1 aliphatic carbocycles. The van der Waals surface area contributed by atoms with Gasteiger partial charge in [0.2, 0.25) is 0 Å². The van der Waals surface area contributed by atoms with E-state index < -0.39 is 97.8 Å². The minimum atomic E-state index is -4.01. The summed E-state index contributed by atoms with van der Waals surface area (Å²) in [7, 11) is 0. The van der Waals surface area contributed by atoms with Crippen LogP contribution < -0.4 is 21.9 Å². The average Bonchev–Trinajstić information content (AvgIpc) is 3.30. The van der Waals surface area contributed by atoms with Gasteiger partial charge in [0.05, 0.1) is 0 Å². The molecule has 0 radical (unpaired) electrons. The van der Waals surface area contributed by atoms with Crippen molar-refractivity contribution >= 4 is 28.0 Å². The smallest absolute Gasteiger partial charge is 0.194 e. The topological polar surface area (TPSA) is 0 Å². The molecule has 4 aromatic carbocycles. The SMILES string of the molecule is C1=CC=CCC=C1.Fc1cc([B-](c2cc(F)c(F)c(F)c2)(c2cc(F)c(F)c(F)c2)c2cc(F)c(F)c(F)c2)cc(F)c1F. The standard InChI is InChI=1S/C24H8BF12.C7H8/c26-13-1-9(2-14(27)21(13)34)25(10-3-15(28)22(35)16(29)4-10,11-5-17(30)23(36)18(31)6-11)12-7-19(32)24(37)20(33)8-12;1-2-4-6-7-5-3-1/h1-8H;1-6H,7H2/q-1;. The van der Waals surface area contributed by atoms with E-state index >= 15 is 0 Å². The molecule has 44 heavy (non-hydrogen) atoms. The Kier molecular flexibility index (Phi) is 9.46. The summed E-state index contributed by atoms with van der Waals surface area (Å²) >= 11 is 0. The van der Waals surface area contributed by atoms with Crippen LogP contribution in [0.3, 0.4) is 0 Å². The molecule has 0 bridgehead atoms. The number of hydrogen-bond donors (Lipinski definition) is 0. The van der Waals surface area contributed by atoms with Crippen LogP contribution in [0, 0.1) is 69.8 Å². The molecule has 13 heteroatoms. The fraction of sp³-hybridized carbons (Fsp3) is 0.0323. The van der Waals surface area contributed by atoms with Gasteiger partial charge < -0.3 is 0 Å². The minimum absolute atomic E-state index is 0.177. The fourth-order valence-corrected chi connectivity index (χ4v) is 4.98. The Hall–Kier alpha value is -4.68. The molecule has 0 saturated heterocycles. The van der Waals surface area contributed by atoms with Crippen molar-refractivity contribution < 1.29 is 52.7 Å². The van der Waals surface area contributed by atoms with Crippen molar-refractivity contribution in [3.05, 3.63) is 155 Å². The molecule has 0 aliphatic heterocycles. The number of hydrogen-bond acceptors (Lipinski definition) is 0. The molecule has 0 fully saturated rings. The largest absolute Gasteiger partial charge is 0.204 e. The van der Waals surface area contributed by atoms with E-state index in [0.717, 1.165) is 6.42 Å². The summed E-state index contributed by atoms with van der Waals surface area (Å²) in [5.41, 5.74) is -3.79. The van der Waals surface area contributed by atoms with Crippen LogP contribution in [0.15, 0.2) is 85.0 Å². The molecule has 5 rings (SSSR count). The Morgan fingerprint density at radius 2 is 0.523 bits per heavy atom. The van der Waals surface area contributed by atoms with Gasteiger partial charge in [-0.05, 0) is 6.42 Å². The summed E-state index contributed by atoms with van der Waals surface area (Å²) in [6, 6.07) is 1.41. The maximum Gasteiger partial charge on any atom is 0.194 e. The summed E-state index contributed by atoms with van der Waals surface area (Å²) in [5, 5.41) is 0. The number of allylic oxidation sites excluding steroid dienone is 6. The maximum absolute atomic E-state index is 14.4. The zero-order valence-corrected chi connectivity index (χ0v) is 21.9. The molecule has 0 heterocycles. The van der Waals surface area contributed by atoms with Crippen LogP contribution in [0.25, 0.3) is 0 Å². The highest BCUT2D eigenvalue weighted by atomic mass is 19.2. The molecule has 0 N–H and O–H groups in total. The minimum Gasteiger partial charge on any atom is -0.204 e. The third-order valence-electron chi connectivity index (χ3n) is 6.90. The van der Waals surface area contributed by atoms with Crippen LogP contribution in [0.1, 0.15) is 6.42 Å².